The summed E-state index contributed by atoms with van der Waals surface area (Å²) in [6.07, 6.45) is 32.2. The molecule has 13 aliphatic heterocycles. The molecule has 740 valence electrons. The summed E-state index contributed by atoms with van der Waals surface area (Å²) in [5, 5.41) is 0. The van der Waals surface area contributed by atoms with Gasteiger partial charge in [0.1, 0.15) is 5.67 Å². The first-order valence-corrected chi connectivity index (χ1v) is 54.1. The predicted molar refractivity (Wildman–Crippen MR) is 537 cm³/mol. The van der Waals surface area contributed by atoms with Crippen molar-refractivity contribution in [2.45, 2.75) is 446 Å². The van der Waals surface area contributed by atoms with Gasteiger partial charge in [-0.3, -0.25) is 53.9 Å². The van der Waals surface area contributed by atoms with Gasteiger partial charge in [-0.05, 0) is 418 Å². The molecular formula is C110H207FN16O. The van der Waals surface area contributed by atoms with Crippen molar-refractivity contribution in [3.63, 3.8) is 0 Å². The van der Waals surface area contributed by atoms with E-state index in [2.05, 4.69) is 286 Å². The summed E-state index contributed by atoms with van der Waals surface area (Å²) in [4.78, 5) is 41.8. The molecule has 128 heavy (non-hydrogen) atoms. The molecule has 0 bridgehead atoms. The van der Waals surface area contributed by atoms with Crippen LogP contribution in [0.25, 0.3) is 0 Å². The summed E-state index contributed by atoms with van der Waals surface area (Å²) in [6, 6.07) is 7.99. The van der Waals surface area contributed by atoms with Crippen LogP contribution in [0, 0.1) is 49.2 Å². The average Bonchev–Trinajstić information content (AvgIpc) is 1.33. The molecule has 0 aromatic rings. The molecule has 0 aromatic carbocycles. The first-order chi connectivity index (χ1) is 59.1. The number of halogens is 1. The molecule has 22 aliphatic rings. The third-order valence-corrected chi connectivity index (χ3v) is 38.9. The normalized spacial score (nSPS) is 33.1. The lowest BCUT2D eigenvalue weighted by Crippen LogP contribution is -2.73. The minimum Gasteiger partial charge on any atom is -0.379 e. The largest absolute Gasteiger partial charge is 0.379 e. The number of methoxy groups -OCH3 is 1. The number of rotatable bonds is 12. The summed E-state index contributed by atoms with van der Waals surface area (Å²) >= 11 is 0. The maximum Gasteiger partial charge on any atom is 0.133 e. The lowest BCUT2D eigenvalue weighted by atomic mass is 9.58. The fourth-order valence-corrected chi connectivity index (χ4v) is 28.0. The minimum absolute atomic E-state index is 0.324. The Bertz CT molecular complexity index is 3410. The summed E-state index contributed by atoms with van der Waals surface area (Å²) in [5.41, 5.74) is 7.76. The van der Waals surface area contributed by atoms with Crippen LogP contribution in [-0.2, 0) is 4.74 Å². The minimum atomic E-state index is -0.903. The molecule has 0 radical (unpaired) electrons. The van der Waals surface area contributed by atoms with Gasteiger partial charge in [0.15, 0.2) is 0 Å². The Morgan fingerprint density at radius 3 is 0.703 bits per heavy atom. The first-order valence-electron chi connectivity index (χ1n) is 54.1. The molecule has 17 nitrogen and oxygen atoms in total. The highest BCUT2D eigenvalue weighted by Gasteiger charge is 2.64. The molecule has 9 aliphatic carbocycles. The van der Waals surface area contributed by atoms with Gasteiger partial charge < -0.3 is 29.2 Å². The highest BCUT2D eigenvalue weighted by atomic mass is 19.1. The van der Waals surface area contributed by atoms with E-state index >= 15 is 0 Å². The van der Waals surface area contributed by atoms with E-state index in [0.717, 1.165) is 75.9 Å². The Hall–Kier alpha value is -0.750. The van der Waals surface area contributed by atoms with Crippen molar-refractivity contribution < 1.29 is 9.13 Å². The quantitative estimate of drug-likeness (QED) is 0.186. The fourth-order valence-electron chi connectivity index (χ4n) is 28.0. The number of hydrogen-bond donors (Lipinski definition) is 0. The first kappa shape index (κ1) is 102. The van der Waals surface area contributed by atoms with E-state index in [-0.39, 0.29) is 0 Å². The van der Waals surface area contributed by atoms with Gasteiger partial charge in [-0.2, -0.15) is 0 Å². The number of alkyl halides is 1. The van der Waals surface area contributed by atoms with Gasteiger partial charge in [-0.15, -0.1) is 0 Å². The summed E-state index contributed by atoms with van der Waals surface area (Å²) < 4.78 is 18.8. The number of ether oxygens (including phenoxy) is 1. The Labute approximate surface area is 789 Å². The van der Waals surface area contributed by atoms with Gasteiger partial charge in [0.25, 0.3) is 0 Å². The lowest BCUT2D eigenvalue weighted by molar-refractivity contribution is -0.167. The number of piperidine rings is 1. The Morgan fingerprint density at radius 2 is 0.500 bits per heavy atom. The molecule has 0 aromatic heterocycles. The second kappa shape index (κ2) is 36.4. The lowest BCUT2D eigenvalue weighted by Gasteiger charge is -2.65. The zero-order valence-electron chi connectivity index (χ0n) is 90.1. The van der Waals surface area contributed by atoms with Crippen LogP contribution >= 0.6 is 0 Å². The van der Waals surface area contributed by atoms with Crippen LogP contribution in [0.5, 0.6) is 0 Å². The van der Waals surface area contributed by atoms with Gasteiger partial charge >= 0.3 is 0 Å². The van der Waals surface area contributed by atoms with Crippen molar-refractivity contribution in [1.82, 2.24) is 78.4 Å². The van der Waals surface area contributed by atoms with Crippen LogP contribution in [-0.4, -0.2) is 400 Å². The van der Waals surface area contributed by atoms with Crippen molar-refractivity contribution in [2.75, 3.05) is 212 Å². The fraction of sp³-hybridized carbons (Fsp3) is 1.00. The second-order valence-corrected chi connectivity index (χ2v) is 58.4. The second-order valence-electron chi connectivity index (χ2n) is 58.4. The highest BCUT2D eigenvalue weighted by Crippen LogP contribution is 2.60. The van der Waals surface area contributed by atoms with Crippen LogP contribution in [0.15, 0.2) is 0 Å². The number of nitrogens with zero attached hydrogens (tertiary/aromatic N) is 16. The van der Waals surface area contributed by atoms with Gasteiger partial charge in [-0.1, -0.05) is 27.2 Å². The molecular weight excluding hydrogens is 1580 g/mol. The monoisotopic (exact) mass is 1790 g/mol. The predicted octanol–water partition coefficient (Wildman–Crippen LogP) is 17.5. The van der Waals surface area contributed by atoms with Crippen LogP contribution in [0.3, 0.4) is 0 Å². The van der Waals surface area contributed by atoms with Crippen molar-refractivity contribution in [3.8, 4) is 0 Å². The van der Waals surface area contributed by atoms with Gasteiger partial charge in [-0.25, -0.2) is 4.39 Å². The van der Waals surface area contributed by atoms with Gasteiger partial charge in [0.05, 0.1) is 6.10 Å². The van der Waals surface area contributed by atoms with Crippen LogP contribution in [0.4, 0.5) is 4.39 Å². The van der Waals surface area contributed by atoms with Crippen molar-refractivity contribution in [1.29, 1.82) is 0 Å². The Balaban J connectivity index is 0.000000113. The third-order valence-electron chi connectivity index (χ3n) is 38.9. The van der Waals surface area contributed by atoms with Crippen LogP contribution in [0.2, 0.25) is 0 Å². The highest BCUT2D eigenvalue weighted by molar-refractivity contribution is 5.19. The number of hydrogen-bond acceptors (Lipinski definition) is 17. The standard InChI is InChI=1S/C15H28N2.C14H25FN2.C14H26N2O.2C14H26N2.C13H24N2.2C13H26N2/c1-14(2,3)17-11-15(12-17)9-13(10-15)16-7-5-4-6-8-16;1-12(2,3)17-9-14(10-17)5-11(6-14)16-7-13(4,15)8-16;1-13(2,3)16-9-14(10-16)5-11(6-14)15-7-12(8-15)17-4;1-11-7-15(8-11)12-5-14(6-12)9-16(10-14)13(2,3)4;1-13(2,3)16-9-14(10-16)7-12(8-14)15(4)11-5-6-11;1-12(2,3)15-9-13(10-15)7-11(8-13)14-5-4-6-14;2*1-6-14(5)11-7-13(8-11)9-15(10-13)12(2,3)4/h13H,4-12H2,1-3H3;11H,5-10H2,1-4H3;11-12H,5-10H2,1-4H3;2*11-12H,5-10H2,1-4H3;11H,4-10H2,1-3H3;2*11H,6-10H2,1-5H3. The summed E-state index contributed by atoms with van der Waals surface area (Å²) in [5.74, 6) is 0.962. The Morgan fingerprint density at radius 1 is 0.281 bits per heavy atom. The smallest absolute Gasteiger partial charge is 0.133 e. The summed E-state index contributed by atoms with van der Waals surface area (Å²) in [7, 11) is 8.70. The molecule has 22 rings (SSSR count). The molecule has 9 saturated carbocycles. The Kier molecular flexibility index (Phi) is 28.9. The zero-order chi connectivity index (χ0) is 93.2. The molecule has 0 amide bonds. The maximum atomic E-state index is 13.4. The average molecular weight is 1790 g/mol. The van der Waals surface area contributed by atoms with Crippen LogP contribution < -0.4 is 0 Å². The van der Waals surface area contributed by atoms with E-state index in [1.54, 1.807) is 6.92 Å². The van der Waals surface area contributed by atoms with E-state index in [1.165, 1.54) is 311 Å². The van der Waals surface area contributed by atoms with Gasteiger partial charge in [0.2, 0.25) is 0 Å². The van der Waals surface area contributed by atoms with Crippen molar-refractivity contribution in [3.05, 3.63) is 0 Å². The SMILES string of the molecule is CC(C)(C)N1CC2(CC(N3CCC3)C2)C1.CC(C)(C)N1CC2(CC(N3CCCCC3)C2)C1.CC1(F)CN(C2CC3(C2)CN(C(C)(C)C)C3)C1.CC1CN(C2CC3(C2)CN(C(C)(C)C)C3)C1.CCN(C)C1CC2(C1)CN(C(C)(C)C)C2.CCN(C)C1CC2(C1)CN(C(C)(C)C)C2.CN(C1CC1)C1CC2(C1)CN(C(C)(C)C)C2.COC1CN(C2CC3(C2)CN(C(C)(C)C)C3)C1. The van der Waals surface area contributed by atoms with Crippen molar-refractivity contribution in [2.24, 2.45) is 49.2 Å². The molecule has 13 saturated heterocycles. The third kappa shape index (κ3) is 22.6. The molecule has 13 heterocycles. The molecule has 0 N–H and O–H groups in total. The molecule has 0 unspecified atom stereocenters. The maximum absolute atomic E-state index is 13.4. The van der Waals surface area contributed by atoms with E-state index in [1.807, 2.05) is 7.11 Å². The number of likely N-dealkylation sites (tertiary alicyclic amines) is 13. The molecule has 22 fully saturated rings. The van der Waals surface area contributed by atoms with Crippen molar-refractivity contribution >= 4 is 0 Å². The van der Waals surface area contributed by atoms with E-state index in [4.69, 9.17) is 4.74 Å². The molecule has 18 heteroatoms. The topological polar surface area (TPSA) is 61.1 Å². The van der Waals surface area contributed by atoms with Crippen LogP contribution in [0.1, 0.15) is 335 Å². The molecule has 0 atom stereocenters. The van der Waals surface area contributed by atoms with E-state index in [9.17, 15) is 4.39 Å². The zero-order valence-corrected chi connectivity index (χ0v) is 90.1. The van der Waals surface area contributed by atoms with Gasteiger partial charge in [0, 0.05) is 250 Å². The van der Waals surface area contributed by atoms with E-state index < -0.39 is 5.67 Å². The summed E-state index contributed by atoms with van der Waals surface area (Å²) in [6.45, 7) is 100. The van der Waals surface area contributed by atoms with E-state index in [0.29, 0.717) is 91.2 Å². The molecule has 8 spiro atoms.